The van der Waals surface area contributed by atoms with Crippen molar-refractivity contribution in [3.63, 3.8) is 0 Å². The van der Waals surface area contributed by atoms with Crippen LogP contribution in [0.5, 0.6) is 5.75 Å². The highest BCUT2D eigenvalue weighted by atomic mass is 19.1. The zero-order valence-electron chi connectivity index (χ0n) is 10.0. The first-order valence-electron chi connectivity index (χ1n) is 5.83. The van der Waals surface area contributed by atoms with Gasteiger partial charge in [0.05, 0.1) is 0 Å². The van der Waals surface area contributed by atoms with Crippen LogP contribution in [0, 0.1) is 0 Å². The Morgan fingerprint density at radius 1 is 1.25 bits per heavy atom. The minimum atomic E-state index is -0.448. The van der Waals surface area contributed by atoms with Crippen LogP contribution < -0.4 is 10.1 Å². The fourth-order valence-electron chi connectivity index (χ4n) is 1.70. The van der Waals surface area contributed by atoms with Gasteiger partial charge >= 0.3 is 0 Å². The Labute approximate surface area is 96.8 Å². The van der Waals surface area contributed by atoms with E-state index in [0.29, 0.717) is 6.04 Å². The molecule has 2 nitrogen and oxygen atoms in total. The Morgan fingerprint density at radius 3 is 2.44 bits per heavy atom. The van der Waals surface area contributed by atoms with Crippen molar-refractivity contribution >= 4 is 0 Å². The monoisotopic (exact) mass is 225 g/mol. The van der Waals surface area contributed by atoms with E-state index in [1.54, 1.807) is 0 Å². The number of benzene rings is 1. The molecule has 1 aromatic carbocycles. The van der Waals surface area contributed by atoms with E-state index in [1.807, 2.05) is 24.3 Å². The lowest BCUT2D eigenvalue weighted by Gasteiger charge is -2.16. The average molecular weight is 225 g/mol. The molecule has 0 amide bonds. The summed E-state index contributed by atoms with van der Waals surface area (Å²) in [6.45, 7) is 4.89. The van der Waals surface area contributed by atoms with Crippen LogP contribution >= 0.6 is 0 Å². The molecule has 0 aliphatic heterocycles. The molecule has 0 heterocycles. The molecule has 0 saturated heterocycles. The molecule has 1 N–H and O–H groups in total. The van der Waals surface area contributed by atoms with Gasteiger partial charge in [-0.15, -0.1) is 0 Å². The lowest BCUT2D eigenvalue weighted by atomic mass is 10.0. The van der Waals surface area contributed by atoms with Gasteiger partial charge in [-0.1, -0.05) is 26.0 Å². The molecule has 0 bridgehead atoms. The lowest BCUT2D eigenvalue weighted by Crippen LogP contribution is -2.19. The number of ether oxygens (including phenoxy) is 1. The number of hydrogen-bond donors (Lipinski definition) is 1. The normalized spacial score (nSPS) is 12.4. The molecule has 3 heteroatoms. The van der Waals surface area contributed by atoms with Crippen molar-refractivity contribution in [2.24, 2.45) is 0 Å². The van der Waals surface area contributed by atoms with Gasteiger partial charge in [-0.2, -0.15) is 0 Å². The molecule has 1 aromatic rings. The van der Waals surface area contributed by atoms with E-state index in [9.17, 15) is 4.39 Å². The zero-order chi connectivity index (χ0) is 11.8. The molecule has 1 rings (SSSR count). The van der Waals surface area contributed by atoms with Crippen LogP contribution in [0.2, 0.25) is 0 Å². The molecule has 1 atom stereocenters. The maximum Gasteiger partial charge on any atom is 0.123 e. The predicted molar refractivity (Wildman–Crippen MR) is 64.6 cm³/mol. The van der Waals surface area contributed by atoms with Gasteiger partial charge in [-0.25, -0.2) is 4.39 Å². The SMILES string of the molecule is CCNC(CC)c1ccc(OCCF)cc1. The van der Waals surface area contributed by atoms with Gasteiger partial charge < -0.3 is 10.1 Å². The van der Waals surface area contributed by atoms with Crippen LogP contribution in [0.4, 0.5) is 4.39 Å². The third-order valence-electron chi connectivity index (χ3n) is 2.49. The van der Waals surface area contributed by atoms with Crippen molar-refractivity contribution in [3.8, 4) is 5.75 Å². The van der Waals surface area contributed by atoms with Gasteiger partial charge in [0.1, 0.15) is 19.0 Å². The zero-order valence-corrected chi connectivity index (χ0v) is 10.0. The van der Waals surface area contributed by atoms with E-state index in [0.717, 1.165) is 18.7 Å². The van der Waals surface area contributed by atoms with Crippen LogP contribution in [0.15, 0.2) is 24.3 Å². The maximum atomic E-state index is 11.9. The number of halogens is 1. The van der Waals surface area contributed by atoms with Crippen molar-refractivity contribution in [2.45, 2.75) is 26.3 Å². The van der Waals surface area contributed by atoms with E-state index in [1.165, 1.54) is 5.56 Å². The summed E-state index contributed by atoms with van der Waals surface area (Å²) >= 11 is 0. The number of alkyl halides is 1. The molecule has 0 saturated carbocycles. The number of hydrogen-bond acceptors (Lipinski definition) is 2. The molecule has 90 valence electrons. The van der Waals surface area contributed by atoms with Gasteiger partial charge in [0.2, 0.25) is 0 Å². The second kappa shape index (κ2) is 7.23. The average Bonchev–Trinajstić information content (AvgIpc) is 2.34. The van der Waals surface area contributed by atoms with Crippen molar-refractivity contribution in [2.75, 3.05) is 19.8 Å². The smallest absolute Gasteiger partial charge is 0.123 e. The summed E-state index contributed by atoms with van der Waals surface area (Å²) in [7, 11) is 0. The second-order valence-corrected chi connectivity index (χ2v) is 3.62. The van der Waals surface area contributed by atoms with Gasteiger partial charge in [0.25, 0.3) is 0 Å². The van der Waals surface area contributed by atoms with Crippen LogP contribution in [0.1, 0.15) is 31.9 Å². The molecule has 0 aliphatic rings. The first-order valence-corrected chi connectivity index (χ1v) is 5.83. The largest absolute Gasteiger partial charge is 0.491 e. The summed E-state index contributed by atoms with van der Waals surface area (Å²) in [6, 6.07) is 8.24. The highest BCUT2D eigenvalue weighted by Gasteiger charge is 2.06. The van der Waals surface area contributed by atoms with Crippen molar-refractivity contribution in [1.82, 2.24) is 5.32 Å². The highest BCUT2D eigenvalue weighted by Crippen LogP contribution is 2.19. The summed E-state index contributed by atoms with van der Waals surface area (Å²) in [5.41, 5.74) is 1.25. The molecule has 16 heavy (non-hydrogen) atoms. The second-order valence-electron chi connectivity index (χ2n) is 3.62. The summed E-state index contributed by atoms with van der Waals surface area (Å²) in [5.74, 6) is 0.729. The molecular formula is C13H20FNO. The Morgan fingerprint density at radius 2 is 1.94 bits per heavy atom. The summed E-state index contributed by atoms with van der Waals surface area (Å²) in [6.07, 6.45) is 1.05. The van der Waals surface area contributed by atoms with Crippen LogP contribution in [-0.2, 0) is 0 Å². The maximum absolute atomic E-state index is 11.9. The summed E-state index contributed by atoms with van der Waals surface area (Å²) in [4.78, 5) is 0. The predicted octanol–water partition coefficient (Wildman–Crippen LogP) is 3.10. The van der Waals surface area contributed by atoms with Crippen LogP contribution in [-0.4, -0.2) is 19.8 Å². The molecule has 0 radical (unpaired) electrons. The fraction of sp³-hybridized carbons (Fsp3) is 0.538. The summed E-state index contributed by atoms with van der Waals surface area (Å²) < 4.78 is 17.1. The van der Waals surface area contributed by atoms with E-state index >= 15 is 0 Å². The summed E-state index contributed by atoms with van der Waals surface area (Å²) in [5, 5.41) is 3.41. The van der Waals surface area contributed by atoms with Gasteiger partial charge in [-0.3, -0.25) is 0 Å². The number of rotatable bonds is 7. The van der Waals surface area contributed by atoms with Gasteiger partial charge in [-0.05, 0) is 30.7 Å². The third kappa shape index (κ3) is 3.81. The first-order chi connectivity index (χ1) is 7.81. The minimum Gasteiger partial charge on any atom is -0.491 e. The Kier molecular flexibility index (Phi) is 5.86. The van der Waals surface area contributed by atoms with Crippen molar-refractivity contribution in [3.05, 3.63) is 29.8 Å². The quantitative estimate of drug-likeness (QED) is 0.770. The molecule has 0 spiro atoms. The standard InChI is InChI=1S/C13H20FNO/c1-3-13(15-4-2)11-5-7-12(8-6-11)16-10-9-14/h5-8,13,15H,3-4,9-10H2,1-2H3. The Bertz CT molecular complexity index is 286. The van der Waals surface area contributed by atoms with Crippen LogP contribution in [0.25, 0.3) is 0 Å². The highest BCUT2D eigenvalue weighted by molar-refractivity contribution is 5.29. The van der Waals surface area contributed by atoms with E-state index in [-0.39, 0.29) is 6.61 Å². The third-order valence-corrected chi connectivity index (χ3v) is 2.49. The molecule has 0 aliphatic carbocycles. The fourth-order valence-corrected chi connectivity index (χ4v) is 1.70. The van der Waals surface area contributed by atoms with E-state index in [2.05, 4.69) is 19.2 Å². The molecule has 0 aromatic heterocycles. The van der Waals surface area contributed by atoms with E-state index in [4.69, 9.17) is 4.74 Å². The van der Waals surface area contributed by atoms with Crippen molar-refractivity contribution < 1.29 is 9.13 Å². The lowest BCUT2D eigenvalue weighted by molar-refractivity contribution is 0.273. The molecule has 1 unspecified atom stereocenters. The van der Waals surface area contributed by atoms with E-state index < -0.39 is 6.67 Å². The first kappa shape index (κ1) is 13.0. The van der Waals surface area contributed by atoms with Crippen LogP contribution in [0.3, 0.4) is 0 Å². The minimum absolute atomic E-state index is 0.129. The Hall–Kier alpha value is -1.09. The number of nitrogens with one attached hydrogen (secondary N) is 1. The van der Waals surface area contributed by atoms with Gasteiger partial charge in [0.15, 0.2) is 0 Å². The molecular weight excluding hydrogens is 205 g/mol. The topological polar surface area (TPSA) is 21.3 Å². The Balaban J connectivity index is 2.61. The van der Waals surface area contributed by atoms with Gasteiger partial charge in [0, 0.05) is 6.04 Å². The van der Waals surface area contributed by atoms with Crippen molar-refractivity contribution in [1.29, 1.82) is 0 Å². The molecule has 0 fully saturated rings.